The average Bonchev–Trinajstić information content (AvgIpc) is 2.44. The summed E-state index contributed by atoms with van der Waals surface area (Å²) in [6.07, 6.45) is 3.52. The van der Waals surface area contributed by atoms with Crippen molar-refractivity contribution in [2.24, 2.45) is 17.8 Å². The molecule has 0 spiro atoms. The van der Waals surface area contributed by atoms with E-state index in [0.717, 1.165) is 12.8 Å². The van der Waals surface area contributed by atoms with Crippen molar-refractivity contribution in [3.63, 3.8) is 0 Å². The molecule has 2 atom stereocenters. The van der Waals surface area contributed by atoms with Gasteiger partial charge in [-0.05, 0) is 47.6 Å². The number of rotatable bonds is 3. The van der Waals surface area contributed by atoms with Gasteiger partial charge in [0.2, 0.25) is 0 Å². The first-order valence-corrected chi connectivity index (χ1v) is 7.52. The number of ketones is 1. The van der Waals surface area contributed by atoms with E-state index in [1.54, 1.807) is 6.08 Å². The normalized spacial score (nSPS) is 24.0. The summed E-state index contributed by atoms with van der Waals surface area (Å²) in [6, 6.07) is 3.96. The molecule has 1 aromatic carbocycles. The van der Waals surface area contributed by atoms with Crippen LogP contribution in [0, 0.1) is 27.9 Å². The minimum absolute atomic E-state index is 0.0104. The Balaban J connectivity index is 2.40. The van der Waals surface area contributed by atoms with Gasteiger partial charge in [0, 0.05) is 12.0 Å². The lowest BCUT2D eigenvalue weighted by molar-refractivity contribution is -0.398. The van der Waals surface area contributed by atoms with Crippen LogP contribution in [0.1, 0.15) is 39.2 Å². The van der Waals surface area contributed by atoms with Gasteiger partial charge in [-0.1, -0.05) is 32.9 Å². The summed E-state index contributed by atoms with van der Waals surface area (Å²) in [7, 11) is 0. The molecule has 0 aliphatic heterocycles. The Morgan fingerprint density at radius 2 is 2.00 bits per heavy atom. The third-order valence-corrected chi connectivity index (χ3v) is 4.37. The van der Waals surface area contributed by atoms with Gasteiger partial charge in [-0.3, -0.25) is 14.9 Å². The second kappa shape index (κ2) is 6.30. The van der Waals surface area contributed by atoms with Crippen molar-refractivity contribution in [3.05, 3.63) is 39.4 Å². The summed E-state index contributed by atoms with van der Waals surface area (Å²) < 4.78 is 0. The molecule has 1 aliphatic carbocycles. The molecule has 0 N–H and O–H groups in total. The topological polar surface area (TPSA) is 83.3 Å². The Bertz CT molecular complexity index is 634. The van der Waals surface area contributed by atoms with E-state index >= 15 is 0 Å². The third-order valence-electron chi connectivity index (χ3n) is 4.37. The summed E-state index contributed by atoms with van der Waals surface area (Å²) in [6.45, 7) is 6.07. The molecule has 1 aliphatic rings. The Hall–Kier alpha value is -2.17. The monoisotopic (exact) mass is 302 g/mol. The van der Waals surface area contributed by atoms with Crippen molar-refractivity contribution < 1.29 is 14.8 Å². The molecule has 22 heavy (non-hydrogen) atoms. The summed E-state index contributed by atoms with van der Waals surface area (Å²) >= 11 is 0. The van der Waals surface area contributed by atoms with Gasteiger partial charge in [0.05, 0.1) is 4.92 Å². The number of allylic oxidation sites excluding steroid dienone is 1. The number of Topliss-reactive ketones (excluding diaryl/α,β-unsaturated/α-hetero) is 1. The lowest BCUT2D eigenvalue weighted by atomic mass is 9.73. The number of nitro groups is 1. The van der Waals surface area contributed by atoms with Gasteiger partial charge in [0.25, 0.3) is 5.69 Å². The molecule has 1 fully saturated rings. The number of nitro benzene ring substituents is 1. The van der Waals surface area contributed by atoms with Crippen molar-refractivity contribution in [3.8, 4) is 5.75 Å². The molecule has 0 heterocycles. The van der Waals surface area contributed by atoms with Crippen LogP contribution in [0.25, 0.3) is 6.08 Å². The van der Waals surface area contributed by atoms with Crippen molar-refractivity contribution in [1.82, 2.24) is 0 Å². The zero-order valence-corrected chi connectivity index (χ0v) is 13.0. The van der Waals surface area contributed by atoms with Gasteiger partial charge in [-0.25, -0.2) is 0 Å². The average molecular weight is 302 g/mol. The van der Waals surface area contributed by atoms with Crippen LogP contribution in [0.2, 0.25) is 0 Å². The molecule has 0 amide bonds. The number of nitrogens with zero attached hydrogens (tertiary/aromatic N) is 1. The van der Waals surface area contributed by atoms with E-state index in [4.69, 9.17) is 0 Å². The summed E-state index contributed by atoms with van der Waals surface area (Å²) in [4.78, 5) is 22.8. The van der Waals surface area contributed by atoms with Crippen LogP contribution < -0.4 is 5.11 Å². The maximum absolute atomic E-state index is 12.6. The highest BCUT2D eigenvalue weighted by Crippen LogP contribution is 2.36. The van der Waals surface area contributed by atoms with Crippen LogP contribution in [0.4, 0.5) is 5.69 Å². The highest BCUT2D eigenvalue weighted by molar-refractivity contribution is 6.02. The predicted octanol–water partition coefficient (Wildman–Crippen LogP) is 3.32. The predicted molar refractivity (Wildman–Crippen MR) is 82.3 cm³/mol. The molecule has 0 saturated heterocycles. The summed E-state index contributed by atoms with van der Waals surface area (Å²) in [5.74, 6) is -0.0655. The fraction of sp³-hybridized carbons (Fsp3) is 0.471. The zero-order valence-electron chi connectivity index (χ0n) is 13.0. The summed E-state index contributed by atoms with van der Waals surface area (Å²) in [5, 5.41) is 22.3. The van der Waals surface area contributed by atoms with Crippen LogP contribution in [-0.4, -0.2) is 10.7 Å². The first-order valence-electron chi connectivity index (χ1n) is 7.52. The lowest BCUT2D eigenvalue weighted by Gasteiger charge is -2.30. The maximum Gasteiger partial charge on any atom is 0.262 e. The van der Waals surface area contributed by atoms with Crippen LogP contribution in [-0.2, 0) is 4.79 Å². The molecule has 5 heteroatoms. The molecule has 1 saturated carbocycles. The molecule has 0 bridgehead atoms. The highest BCUT2D eigenvalue weighted by atomic mass is 16.6. The van der Waals surface area contributed by atoms with E-state index < -0.39 is 16.4 Å². The number of carbonyl (C=O) groups excluding carboxylic acids is 1. The molecular weight excluding hydrogens is 282 g/mol. The minimum atomic E-state index is -0.687. The standard InChI is InChI=1S/C17H21NO4/c1-10(2)13-6-4-11(3)14(17(13)20)8-12-5-7-16(19)15(9-12)18(21)22/h5,7-11,13,19H,4,6H2,1-3H3/p-1/t11-,13+/m1/s1. The van der Waals surface area contributed by atoms with Crippen LogP contribution in [0.3, 0.4) is 0 Å². The molecule has 1 aromatic rings. The van der Waals surface area contributed by atoms with E-state index in [2.05, 4.69) is 0 Å². The second-order valence-corrected chi connectivity index (χ2v) is 6.28. The molecule has 5 nitrogen and oxygen atoms in total. The summed E-state index contributed by atoms with van der Waals surface area (Å²) in [5.41, 5.74) is 0.787. The smallest absolute Gasteiger partial charge is 0.262 e. The lowest BCUT2D eigenvalue weighted by Crippen LogP contribution is -2.30. The number of carbonyl (C=O) groups is 1. The molecule has 0 aromatic heterocycles. The molecule has 0 unspecified atom stereocenters. The van der Waals surface area contributed by atoms with Crippen LogP contribution >= 0.6 is 0 Å². The minimum Gasteiger partial charge on any atom is -0.868 e. The van der Waals surface area contributed by atoms with Gasteiger partial charge >= 0.3 is 0 Å². The van der Waals surface area contributed by atoms with E-state index in [9.17, 15) is 20.0 Å². The SMILES string of the molecule is CC(C)[C@@H]1CC[C@@H](C)C(=Cc2ccc([O-])c([N+](=O)[O-])c2)C1=O. The fourth-order valence-corrected chi connectivity index (χ4v) is 2.97. The van der Waals surface area contributed by atoms with Crippen molar-refractivity contribution in [2.45, 2.75) is 33.6 Å². The van der Waals surface area contributed by atoms with Gasteiger partial charge in [-0.2, -0.15) is 0 Å². The number of benzene rings is 1. The first kappa shape index (κ1) is 16.2. The van der Waals surface area contributed by atoms with Gasteiger partial charge in [-0.15, -0.1) is 0 Å². The molecule has 0 radical (unpaired) electrons. The van der Waals surface area contributed by atoms with Gasteiger partial charge < -0.3 is 5.11 Å². The quantitative estimate of drug-likeness (QED) is 0.487. The molecule has 2 rings (SSSR count). The van der Waals surface area contributed by atoms with Gasteiger partial charge in [0.15, 0.2) is 5.78 Å². The van der Waals surface area contributed by atoms with Gasteiger partial charge in [0.1, 0.15) is 0 Å². The maximum atomic E-state index is 12.6. The Kier molecular flexibility index (Phi) is 4.64. The van der Waals surface area contributed by atoms with E-state index in [1.165, 1.54) is 18.2 Å². The first-order chi connectivity index (χ1) is 10.3. The second-order valence-electron chi connectivity index (χ2n) is 6.28. The Morgan fingerprint density at radius 3 is 2.59 bits per heavy atom. The Labute approximate surface area is 129 Å². The third kappa shape index (κ3) is 3.18. The number of hydrogen-bond donors (Lipinski definition) is 0. The van der Waals surface area contributed by atoms with Crippen LogP contribution in [0.15, 0.2) is 23.8 Å². The largest absolute Gasteiger partial charge is 0.868 e. The van der Waals surface area contributed by atoms with Crippen molar-refractivity contribution >= 4 is 17.5 Å². The van der Waals surface area contributed by atoms with E-state index in [1.807, 2.05) is 20.8 Å². The fourth-order valence-electron chi connectivity index (χ4n) is 2.97. The molecule has 118 valence electrons. The van der Waals surface area contributed by atoms with E-state index in [0.29, 0.717) is 11.1 Å². The number of hydrogen-bond acceptors (Lipinski definition) is 4. The highest BCUT2D eigenvalue weighted by Gasteiger charge is 2.32. The van der Waals surface area contributed by atoms with E-state index in [-0.39, 0.29) is 23.5 Å². The van der Waals surface area contributed by atoms with Crippen LogP contribution in [0.5, 0.6) is 5.75 Å². The zero-order chi connectivity index (χ0) is 16.4. The van der Waals surface area contributed by atoms with Crippen molar-refractivity contribution in [2.75, 3.05) is 0 Å². The Morgan fingerprint density at radius 1 is 1.32 bits per heavy atom. The molecular formula is C17H20NO4-. The van der Waals surface area contributed by atoms with Crippen molar-refractivity contribution in [1.29, 1.82) is 0 Å².